The molecule has 0 spiro atoms. The van der Waals surface area contributed by atoms with Crippen molar-refractivity contribution in [2.45, 2.75) is 31.7 Å². The maximum Gasteiger partial charge on any atom is 0.0610 e. The number of aliphatic hydroxyl groups is 1. The highest BCUT2D eigenvalue weighted by Crippen LogP contribution is 2.47. The third-order valence-corrected chi connectivity index (χ3v) is 5.26. The molecule has 0 amide bonds. The van der Waals surface area contributed by atoms with Crippen molar-refractivity contribution in [3.63, 3.8) is 0 Å². The monoisotopic (exact) mass is 288 g/mol. The number of aliphatic hydroxyl groups excluding tert-OH is 1. The van der Waals surface area contributed by atoms with Crippen LogP contribution >= 0.6 is 0 Å². The van der Waals surface area contributed by atoms with Gasteiger partial charge in [-0.2, -0.15) is 0 Å². The number of benzene rings is 1. The van der Waals surface area contributed by atoms with Gasteiger partial charge in [0, 0.05) is 38.3 Å². The Kier molecular flexibility index (Phi) is 4.34. The number of nitrogens with zero attached hydrogens (tertiary/aromatic N) is 2. The molecular weight excluding hydrogens is 260 g/mol. The van der Waals surface area contributed by atoms with E-state index in [1.165, 1.54) is 18.5 Å². The van der Waals surface area contributed by atoms with E-state index >= 15 is 0 Å². The Balaban J connectivity index is 1.45. The number of rotatable bonds is 5. The molecule has 21 heavy (non-hydrogen) atoms. The molecule has 0 bridgehead atoms. The van der Waals surface area contributed by atoms with E-state index in [1.807, 2.05) is 0 Å². The van der Waals surface area contributed by atoms with Gasteiger partial charge in [-0.3, -0.25) is 4.90 Å². The minimum Gasteiger partial charge on any atom is -0.394 e. The first kappa shape index (κ1) is 15.0. The summed E-state index contributed by atoms with van der Waals surface area (Å²) in [6, 6.07) is 10.9. The van der Waals surface area contributed by atoms with Gasteiger partial charge in [0.15, 0.2) is 0 Å². The molecule has 1 heterocycles. The van der Waals surface area contributed by atoms with Gasteiger partial charge in [0.2, 0.25) is 0 Å². The summed E-state index contributed by atoms with van der Waals surface area (Å²) in [5.41, 5.74) is 1.45. The van der Waals surface area contributed by atoms with E-state index in [0.29, 0.717) is 0 Å². The van der Waals surface area contributed by atoms with E-state index in [-0.39, 0.29) is 12.1 Å². The van der Waals surface area contributed by atoms with E-state index in [9.17, 15) is 5.11 Å². The summed E-state index contributed by atoms with van der Waals surface area (Å²) >= 11 is 0. The molecule has 2 atom stereocenters. The van der Waals surface area contributed by atoms with Crippen LogP contribution in [-0.4, -0.2) is 59.8 Å². The van der Waals surface area contributed by atoms with Crippen LogP contribution in [0.1, 0.15) is 31.7 Å². The standard InChI is InChI=1S/C18H28N2O/c1-18(2,14-21)20-10-8-19(9-11-20)13-16-12-17(16)15-6-4-3-5-7-15/h3-7,16-17,21H,8-14H2,1-2H3. The van der Waals surface area contributed by atoms with Crippen molar-refractivity contribution < 1.29 is 5.11 Å². The average Bonchev–Trinajstić information content (AvgIpc) is 3.28. The number of hydrogen-bond acceptors (Lipinski definition) is 3. The predicted octanol–water partition coefficient (Wildman–Crippen LogP) is 2.18. The molecule has 1 saturated carbocycles. The predicted molar refractivity (Wildman–Crippen MR) is 86.5 cm³/mol. The van der Waals surface area contributed by atoms with Gasteiger partial charge in [-0.25, -0.2) is 0 Å². The van der Waals surface area contributed by atoms with Gasteiger partial charge < -0.3 is 10.0 Å². The van der Waals surface area contributed by atoms with E-state index in [1.54, 1.807) is 0 Å². The summed E-state index contributed by atoms with van der Waals surface area (Å²) in [5, 5.41) is 9.47. The van der Waals surface area contributed by atoms with Crippen LogP contribution in [0.25, 0.3) is 0 Å². The molecule has 0 aromatic heterocycles. The lowest BCUT2D eigenvalue weighted by molar-refractivity contribution is 0.0156. The summed E-state index contributed by atoms with van der Waals surface area (Å²) in [6.07, 6.45) is 1.35. The summed E-state index contributed by atoms with van der Waals surface area (Å²) in [6.45, 7) is 10.2. The zero-order valence-corrected chi connectivity index (χ0v) is 13.3. The Morgan fingerprint density at radius 3 is 2.38 bits per heavy atom. The topological polar surface area (TPSA) is 26.7 Å². The van der Waals surface area contributed by atoms with Crippen LogP contribution in [0.3, 0.4) is 0 Å². The summed E-state index contributed by atoms with van der Waals surface area (Å²) in [7, 11) is 0. The van der Waals surface area contributed by atoms with Gasteiger partial charge in [-0.1, -0.05) is 30.3 Å². The minimum atomic E-state index is -0.0712. The fourth-order valence-corrected chi connectivity index (χ4v) is 3.53. The first-order valence-corrected chi connectivity index (χ1v) is 8.23. The van der Waals surface area contributed by atoms with Gasteiger partial charge in [-0.15, -0.1) is 0 Å². The third kappa shape index (κ3) is 3.47. The van der Waals surface area contributed by atoms with Crippen LogP contribution in [0.5, 0.6) is 0 Å². The Labute approximate surface area is 128 Å². The molecule has 2 unspecified atom stereocenters. The van der Waals surface area contributed by atoms with E-state index in [2.05, 4.69) is 54.0 Å². The molecule has 3 heteroatoms. The molecule has 0 radical (unpaired) electrons. The lowest BCUT2D eigenvalue weighted by Crippen LogP contribution is -2.56. The van der Waals surface area contributed by atoms with Gasteiger partial charge in [0.25, 0.3) is 0 Å². The zero-order valence-electron chi connectivity index (χ0n) is 13.3. The zero-order chi connectivity index (χ0) is 14.9. The number of piperazine rings is 1. The molecule has 2 fully saturated rings. The summed E-state index contributed by atoms with van der Waals surface area (Å²) in [4.78, 5) is 5.03. The number of hydrogen-bond donors (Lipinski definition) is 1. The van der Waals surface area contributed by atoms with Crippen molar-refractivity contribution in [3.8, 4) is 0 Å². The first-order chi connectivity index (χ1) is 10.1. The molecule has 2 aliphatic rings. The van der Waals surface area contributed by atoms with Crippen molar-refractivity contribution in [2.75, 3.05) is 39.3 Å². The molecule has 1 N–H and O–H groups in total. The van der Waals surface area contributed by atoms with Crippen molar-refractivity contribution in [3.05, 3.63) is 35.9 Å². The average molecular weight is 288 g/mol. The fourth-order valence-electron chi connectivity index (χ4n) is 3.53. The van der Waals surface area contributed by atoms with Crippen molar-refractivity contribution in [1.82, 2.24) is 9.80 Å². The van der Waals surface area contributed by atoms with Crippen LogP contribution < -0.4 is 0 Å². The van der Waals surface area contributed by atoms with Crippen LogP contribution in [0.2, 0.25) is 0 Å². The molecule has 3 rings (SSSR count). The second kappa shape index (κ2) is 6.07. The van der Waals surface area contributed by atoms with Crippen LogP contribution in [0.15, 0.2) is 30.3 Å². The minimum absolute atomic E-state index is 0.0712. The Morgan fingerprint density at radius 2 is 1.76 bits per heavy atom. The second-order valence-corrected chi connectivity index (χ2v) is 7.27. The van der Waals surface area contributed by atoms with E-state index in [4.69, 9.17) is 0 Å². The summed E-state index contributed by atoms with van der Waals surface area (Å²) < 4.78 is 0. The molecule has 1 saturated heterocycles. The molecule has 1 aliphatic heterocycles. The van der Waals surface area contributed by atoms with Gasteiger partial charge in [-0.05, 0) is 37.7 Å². The normalized spacial score (nSPS) is 27.8. The SMILES string of the molecule is CC(C)(CO)N1CCN(CC2CC2c2ccccc2)CC1. The lowest BCUT2D eigenvalue weighted by Gasteiger charge is -2.43. The molecule has 116 valence electrons. The molecule has 1 aliphatic carbocycles. The van der Waals surface area contributed by atoms with Gasteiger partial charge >= 0.3 is 0 Å². The van der Waals surface area contributed by atoms with E-state index in [0.717, 1.165) is 38.0 Å². The molecular formula is C18H28N2O. The Hall–Kier alpha value is -0.900. The highest BCUT2D eigenvalue weighted by atomic mass is 16.3. The lowest BCUT2D eigenvalue weighted by atomic mass is 10.0. The van der Waals surface area contributed by atoms with Crippen molar-refractivity contribution in [1.29, 1.82) is 0 Å². The van der Waals surface area contributed by atoms with Crippen molar-refractivity contribution in [2.24, 2.45) is 5.92 Å². The third-order valence-electron chi connectivity index (χ3n) is 5.26. The van der Waals surface area contributed by atoms with Gasteiger partial charge in [0.1, 0.15) is 0 Å². The van der Waals surface area contributed by atoms with Crippen LogP contribution in [0, 0.1) is 5.92 Å². The smallest absolute Gasteiger partial charge is 0.0610 e. The first-order valence-electron chi connectivity index (χ1n) is 8.23. The van der Waals surface area contributed by atoms with Crippen LogP contribution in [-0.2, 0) is 0 Å². The highest BCUT2D eigenvalue weighted by Gasteiger charge is 2.40. The molecule has 1 aromatic rings. The van der Waals surface area contributed by atoms with Crippen LogP contribution in [0.4, 0.5) is 0 Å². The second-order valence-electron chi connectivity index (χ2n) is 7.27. The highest BCUT2D eigenvalue weighted by molar-refractivity contribution is 5.25. The maximum atomic E-state index is 9.47. The Bertz CT molecular complexity index is 452. The maximum absolute atomic E-state index is 9.47. The van der Waals surface area contributed by atoms with Gasteiger partial charge in [0.05, 0.1) is 6.61 Å². The largest absolute Gasteiger partial charge is 0.394 e. The molecule has 3 nitrogen and oxygen atoms in total. The van der Waals surface area contributed by atoms with Crippen molar-refractivity contribution >= 4 is 0 Å². The Morgan fingerprint density at radius 1 is 1.10 bits per heavy atom. The summed E-state index contributed by atoms with van der Waals surface area (Å²) in [5.74, 6) is 1.64. The quantitative estimate of drug-likeness (QED) is 0.899. The fraction of sp³-hybridized carbons (Fsp3) is 0.667. The molecule has 1 aromatic carbocycles. The van der Waals surface area contributed by atoms with E-state index < -0.39 is 0 Å².